The standard InChI is InChI=1S/C55H45N/c1-53(2)34-54(3)49-31-39(25-30-50(49)56(55(54,4)35-53)40-23-15-8-16-24-40)48-33-47(38-21-13-7-14-22-38)43-27-26-41-45(36-17-9-5-10-18-36)32-46(37-19-11-6-12-20-37)42-28-29-44(48)52(43)51(41)42/h5-33H,34-35H2,1-4H3. The number of anilines is 2. The average molecular weight is 720 g/mol. The van der Waals surface area contributed by atoms with Gasteiger partial charge in [0.25, 0.3) is 0 Å². The third-order valence-corrected chi connectivity index (χ3v) is 13.6. The summed E-state index contributed by atoms with van der Waals surface area (Å²) in [6, 6.07) is 65.9. The molecule has 1 saturated carbocycles. The number of benzene rings is 9. The highest BCUT2D eigenvalue weighted by molar-refractivity contribution is 6.32. The molecule has 0 N–H and O–H groups in total. The molecule has 9 aromatic rings. The van der Waals surface area contributed by atoms with Gasteiger partial charge in [0.2, 0.25) is 0 Å². The summed E-state index contributed by atoms with van der Waals surface area (Å²) < 4.78 is 0. The van der Waals surface area contributed by atoms with Crippen LogP contribution < -0.4 is 4.90 Å². The van der Waals surface area contributed by atoms with Crippen molar-refractivity contribution in [2.75, 3.05) is 4.90 Å². The molecule has 2 aliphatic rings. The van der Waals surface area contributed by atoms with Gasteiger partial charge in [0.05, 0.1) is 5.54 Å². The van der Waals surface area contributed by atoms with E-state index in [9.17, 15) is 0 Å². The van der Waals surface area contributed by atoms with Crippen molar-refractivity contribution in [2.45, 2.75) is 51.5 Å². The molecule has 1 aliphatic carbocycles. The lowest BCUT2D eigenvalue weighted by Gasteiger charge is -2.42. The molecular formula is C55H45N. The van der Waals surface area contributed by atoms with Gasteiger partial charge in [-0.25, -0.2) is 0 Å². The zero-order valence-electron chi connectivity index (χ0n) is 32.6. The number of para-hydroxylation sites is 1. The van der Waals surface area contributed by atoms with Crippen molar-refractivity contribution in [3.05, 3.63) is 181 Å². The molecule has 0 amide bonds. The molecule has 1 aliphatic heterocycles. The predicted molar refractivity (Wildman–Crippen MR) is 239 cm³/mol. The van der Waals surface area contributed by atoms with Gasteiger partial charge < -0.3 is 4.90 Å². The molecule has 2 unspecified atom stereocenters. The lowest BCUT2D eigenvalue weighted by atomic mass is 9.71. The zero-order valence-corrected chi connectivity index (χ0v) is 32.6. The van der Waals surface area contributed by atoms with E-state index in [-0.39, 0.29) is 16.4 Å². The SMILES string of the molecule is CC1(C)CC2(C)c3cc(-c4cc(-c5ccccc5)c5ccc6c(-c7ccccc7)cc(-c7ccccc7)c7ccc4c5c67)ccc3N(c3ccccc3)C2(C)C1. The molecule has 11 rings (SSSR count). The topological polar surface area (TPSA) is 3.24 Å². The van der Waals surface area contributed by atoms with Crippen molar-refractivity contribution in [1.29, 1.82) is 0 Å². The van der Waals surface area contributed by atoms with Crippen LogP contribution in [0.4, 0.5) is 11.4 Å². The molecule has 1 nitrogen and oxygen atoms in total. The highest BCUT2D eigenvalue weighted by Crippen LogP contribution is 2.67. The van der Waals surface area contributed by atoms with E-state index >= 15 is 0 Å². The number of hydrogen-bond acceptors (Lipinski definition) is 1. The van der Waals surface area contributed by atoms with Crippen LogP contribution in [0, 0.1) is 5.41 Å². The number of nitrogens with zero attached hydrogens (tertiary/aromatic N) is 1. The molecule has 0 aromatic heterocycles. The van der Waals surface area contributed by atoms with Crippen molar-refractivity contribution < 1.29 is 0 Å². The summed E-state index contributed by atoms with van der Waals surface area (Å²) >= 11 is 0. The maximum atomic E-state index is 2.68. The van der Waals surface area contributed by atoms with Crippen LogP contribution in [0.1, 0.15) is 46.1 Å². The van der Waals surface area contributed by atoms with E-state index in [1.54, 1.807) is 0 Å². The van der Waals surface area contributed by atoms with Crippen LogP contribution in [0.2, 0.25) is 0 Å². The van der Waals surface area contributed by atoms with Crippen LogP contribution in [0.25, 0.3) is 76.8 Å². The molecule has 1 heteroatoms. The Morgan fingerprint density at radius 3 is 1.25 bits per heavy atom. The van der Waals surface area contributed by atoms with E-state index in [0.29, 0.717) is 0 Å². The van der Waals surface area contributed by atoms with E-state index in [1.165, 1.54) is 93.8 Å². The van der Waals surface area contributed by atoms with Crippen molar-refractivity contribution in [3.63, 3.8) is 0 Å². The Morgan fingerprint density at radius 1 is 0.393 bits per heavy atom. The molecule has 0 saturated heterocycles. The number of hydrogen-bond donors (Lipinski definition) is 0. The Balaban J connectivity index is 1.24. The first kappa shape index (κ1) is 33.2. The quantitative estimate of drug-likeness (QED) is 0.160. The Morgan fingerprint density at radius 2 is 0.804 bits per heavy atom. The fourth-order valence-electron chi connectivity index (χ4n) is 11.5. The van der Waals surface area contributed by atoms with Crippen LogP contribution in [-0.4, -0.2) is 5.54 Å². The van der Waals surface area contributed by atoms with Crippen LogP contribution in [-0.2, 0) is 5.41 Å². The molecule has 1 heterocycles. The van der Waals surface area contributed by atoms with Gasteiger partial charge in [-0.2, -0.15) is 0 Å². The summed E-state index contributed by atoms with van der Waals surface area (Å²) in [5.41, 5.74) is 14.4. The lowest BCUT2D eigenvalue weighted by molar-refractivity contribution is 0.330. The molecular weight excluding hydrogens is 675 g/mol. The van der Waals surface area contributed by atoms with Crippen LogP contribution in [0.3, 0.4) is 0 Å². The molecule has 0 bridgehead atoms. The summed E-state index contributed by atoms with van der Waals surface area (Å²) in [4.78, 5) is 2.68. The first-order chi connectivity index (χ1) is 27.2. The second kappa shape index (κ2) is 11.9. The summed E-state index contributed by atoms with van der Waals surface area (Å²) in [6.07, 6.45) is 2.29. The molecule has 0 radical (unpaired) electrons. The molecule has 56 heavy (non-hydrogen) atoms. The van der Waals surface area contributed by atoms with Gasteiger partial charge in [0, 0.05) is 16.8 Å². The number of rotatable bonds is 5. The van der Waals surface area contributed by atoms with E-state index in [2.05, 4.69) is 209 Å². The fraction of sp³-hybridized carbons (Fsp3) is 0.164. The maximum Gasteiger partial charge on any atom is 0.0523 e. The van der Waals surface area contributed by atoms with Gasteiger partial charge in [-0.1, -0.05) is 160 Å². The minimum atomic E-state index is -0.0433. The second-order valence-electron chi connectivity index (χ2n) is 17.6. The van der Waals surface area contributed by atoms with Gasteiger partial charge in [-0.15, -0.1) is 0 Å². The van der Waals surface area contributed by atoms with Crippen molar-refractivity contribution in [1.82, 2.24) is 0 Å². The van der Waals surface area contributed by atoms with Gasteiger partial charge in [0.1, 0.15) is 0 Å². The maximum absolute atomic E-state index is 2.68. The summed E-state index contributed by atoms with van der Waals surface area (Å²) in [5.74, 6) is 0. The molecule has 2 atom stereocenters. The minimum Gasteiger partial charge on any atom is -0.334 e. The van der Waals surface area contributed by atoms with E-state index < -0.39 is 0 Å². The van der Waals surface area contributed by atoms with Crippen LogP contribution in [0.5, 0.6) is 0 Å². The number of fused-ring (bicyclic) bond motifs is 3. The lowest BCUT2D eigenvalue weighted by Crippen LogP contribution is -2.49. The molecule has 0 spiro atoms. The predicted octanol–water partition coefficient (Wildman–Crippen LogP) is 15.2. The van der Waals surface area contributed by atoms with Gasteiger partial charge in [-0.05, 0) is 144 Å². The summed E-state index contributed by atoms with van der Waals surface area (Å²) in [7, 11) is 0. The van der Waals surface area contributed by atoms with Crippen molar-refractivity contribution in [2.24, 2.45) is 5.41 Å². The summed E-state index contributed by atoms with van der Waals surface area (Å²) in [5, 5.41) is 7.88. The Kier molecular flexibility index (Phi) is 7.06. The van der Waals surface area contributed by atoms with Gasteiger partial charge >= 0.3 is 0 Å². The third-order valence-electron chi connectivity index (χ3n) is 13.6. The van der Waals surface area contributed by atoms with Crippen molar-refractivity contribution in [3.8, 4) is 44.5 Å². The first-order valence-electron chi connectivity index (χ1n) is 20.2. The Labute approximate surface area is 330 Å². The van der Waals surface area contributed by atoms with Crippen LogP contribution in [0.15, 0.2) is 176 Å². The third kappa shape index (κ3) is 4.67. The monoisotopic (exact) mass is 719 g/mol. The van der Waals surface area contributed by atoms with Crippen molar-refractivity contribution >= 4 is 43.7 Å². The van der Waals surface area contributed by atoms with E-state index in [0.717, 1.165) is 12.8 Å². The second-order valence-corrected chi connectivity index (χ2v) is 17.6. The van der Waals surface area contributed by atoms with E-state index in [1.807, 2.05) is 0 Å². The van der Waals surface area contributed by atoms with Crippen LogP contribution >= 0.6 is 0 Å². The van der Waals surface area contributed by atoms with Gasteiger partial charge in [-0.3, -0.25) is 0 Å². The summed E-state index contributed by atoms with van der Waals surface area (Å²) in [6.45, 7) is 10.00. The average Bonchev–Trinajstić information content (AvgIpc) is 3.54. The largest absolute Gasteiger partial charge is 0.334 e. The highest BCUT2D eigenvalue weighted by atomic mass is 15.3. The fourth-order valence-corrected chi connectivity index (χ4v) is 11.5. The molecule has 9 aromatic carbocycles. The van der Waals surface area contributed by atoms with E-state index in [4.69, 9.17) is 0 Å². The first-order valence-corrected chi connectivity index (χ1v) is 20.2. The Bertz CT molecular complexity index is 2890. The molecule has 1 fully saturated rings. The Hall–Kier alpha value is -6.18. The molecule has 270 valence electrons. The zero-order chi connectivity index (χ0) is 37.8. The smallest absolute Gasteiger partial charge is 0.0523 e. The normalized spacial score (nSPS) is 19.9. The minimum absolute atomic E-state index is 0.0150. The van der Waals surface area contributed by atoms with Gasteiger partial charge in [0.15, 0.2) is 0 Å². The highest BCUT2D eigenvalue weighted by Gasteiger charge is 2.64.